The Balaban J connectivity index is 1.20. The lowest BCUT2D eigenvalue weighted by Gasteiger charge is -2.52. The number of aliphatic hydroxyl groups excluding tert-OH is 20. The van der Waals surface area contributed by atoms with Crippen LogP contribution < -0.4 is 16.0 Å². The monoisotopic (exact) mass is 1490 g/mol. The summed E-state index contributed by atoms with van der Waals surface area (Å²) in [5.41, 5.74) is 0. The Hall–Kier alpha value is -3.12. The van der Waals surface area contributed by atoms with Crippen molar-refractivity contribution in [2.45, 2.75) is 280 Å². The standard InChI is InChI=1S/C54H91N3O42S/c1-12-26(64)35(73)39(77)50(87-12)98-45-38(76)29(67)18(7-59)91-53(45)97-44-32(70)21(10-85-49-24(56-15(4)62)34(72)42(19(8-60)92-49)95-52-41(79)37(75)28(66)17(6-58)90-52)94-54(46(44)99-51-40(78)36(74)27(65)13(2)88-51)96-43-25(57-16(5)63)47(80)89-20(31(43)69)9-84-48-23(55-14(3)61)33(71)30(68)22(93-48)11-86-100(81,82)83/h12-13,17-54,58-60,64-80H,6-11H2,1-5H3,(H,55,61)(H,56,62)(H,57,63)(H,81,82,83)/t12-,13-,17+,18+,19+,20+,21+,22+,23+,24+,25+,26+,27+,28-,29-,30+,31-,32-,33+,34+,35+,36+,37-,38-,39-,40-,41+,42+,43+,44-,45+,46+,47+,48+,49+,50-,51-,52-,53-,54-/m0/s1. The molecule has 8 heterocycles. The number of nitrogens with one attached hydrogen (secondary N) is 3. The minimum atomic E-state index is -5.22. The number of ether oxygens (including phenoxy) is 15. The van der Waals surface area contributed by atoms with Crippen LogP contribution in [0.15, 0.2) is 0 Å². The molecule has 0 aliphatic carbocycles. The zero-order valence-electron chi connectivity index (χ0n) is 53.7. The highest BCUT2D eigenvalue weighted by Gasteiger charge is 2.60. The molecule has 46 heteroatoms. The lowest BCUT2D eigenvalue weighted by atomic mass is 9.94. The topological polar surface area (TPSA) is 694 Å². The molecule has 40 atom stereocenters. The van der Waals surface area contributed by atoms with E-state index >= 15 is 0 Å². The minimum Gasteiger partial charge on any atom is -0.394 e. The van der Waals surface area contributed by atoms with Gasteiger partial charge < -0.3 is 189 Å². The van der Waals surface area contributed by atoms with Crippen molar-refractivity contribution in [1.29, 1.82) is 0 Å². The van der Waals surface area contributed by atoms with E-state index in [1.165, 1.54) is 13.8 Å². The van der Waals surface area contributed by atoms with Gasteiger partial charge in [-0.15, -0.1) is 0 Å². The van der Waals surface area contributed by atoms with Crippen LogP contribution in [0.3, 0.4) is 0 Å². The highest BCUT2D eigenvalue weighted by molar-refractivity contribution is 7.80. The molecule has 0 radical (unpaired) electrons. The molecule has 580 valence electrons. The highest BCUT2D eigenvalue weighted by Crippen LogP contribution is 2.39. The maximum absolute atomic E-state index is 13.0. The van der Waals surface area contributed by atoms with Crippen LogP contribution in [0.1, 0.15) is 34.6 Å². The number of amides is 3. The Labute approximate surface area is 567 Å². The van der Waals surface area contributed by atoms with Gasteiger partial charge in [-0.2, -0.15) is 8.42 Å². The maximum atomic E-state index is 13.0. The largest absolute Gasteiger partial charge is 0.397 e. The molecule has 0 aromatic heterocycles. The zero-order valence-corrected chi connectivity index (χ0v) is 54.5. The van der Waals surface area contributed by atoms with Gasteiger partial charge in [0.2, 0.25) is 17.7 Å². The van der Waals surface area contributed by atoms with Gasteiger partial charge in [0.1, 0.15) is 183 Å². The fourth-order valence-corrected chi connectivity index (χ4v) is 12.8. The molecule has 3 amide bonds. The normalized spacial score (nSPS) is 48.9. The second kappa shape index (κ2) is 35.1. The van der Waals surface area contributed by atoms with E-state index in [0.29, 0.717) is 0 Å². The van der Waals surface area contributed by atoms with E-state index in [0.717, 1.165) is 20.8 Å². The minimum absolute atomic E-state index is 0.866. The van der Waals surface area contributed by atoms with Crippen LogP contribution in [-0.2, 0) is 100 Å². The molecular formula is C54H91N3O42S. The number of carbonyl (C=O) groups excluding carboxylic acids is 3. The summed E-state index contributed by atoms with van der Waals surface area (Å²) < 4.78 is 126. The fraction of sp³-hybridized carbons (Fsp3) is 0.944. The third-order valence-electron chi connectivity index (χ3n) is 18.0. The van der Waals surface area contributed by atoms with Crippen molar-refractivity contribution >= 4 is 28.1 Å². The summed E-state index contributed by atoms with van der Waals surface area (Å²) >= 11 is 0. The van der Waals surface area contributed by atoms with Gasteiger partial charge in [-0.3, -0.25) is 18.9 Å². The second-order valence-electron chi connectivity index (χ2n) is 25.2. The Morgan fingerprint density at radius 1 is 0.330 bits per heavy atom. The molecule has 45 nitrogen and oxygen atoms in total. The van der Waals surface area contributed by atoms with E-state index in [4.69, 9.17) is 71.1 Å². The third-order valence-corrected chi connectivity index (χ3v) is 18.4. The molecule has 8 aliphatic rings. The predicted octanol–water partition coefficient (Wildman–Crippen LogP) is -16.1. The molecule has 100 heavy (non-hydrogen) atoms. The van der Waals surface area contributed by atoms with Crippen LogP contribution in [-0.4, -0.2) is 418 Å². The van der Waals surface area contributed by atoms with Gasteiger partial charge in [0.25, 0.3) is 0 Å². The van der Waals surface area contributed by atoms with Gasteiger partial charge in [0, 0.05) is 20.8 Å². The van der Waals surface area contributed by atoms with Crippen LogP contribution in [0.2, 0.25) is 0 Å². The van der Waals surface area contributed by atoms with Crippen molar-refractivity contribution in [3.8, 4) is 0 Å². The fourth-order valence-electron chi connectivity index (χ4n) is 12.5. The summed E-state index contributed by atoms with van der Waals surface area (Å²) in [4.78, 5) is 38.3. The molecule has 0 aromatic carbocycles. The first-order valence-electron chi connectivity index (χ1n) is 31.5. The first-order chi connectivity index (χ1) is 46.9. The summed E-state index contributed by atoms with van der Waals surface area (Å²) in [6, 6.07) is -5.59. The Morgan fingerprint density at radius 3 is 1.18 bits per heavy atom. The van der Waals surface area contributed by atoms with Crippen molar-refractivity contribution in [3.05, 3.63) is 0 Å². The van der Waals surface area contributed by atoms with E-state index in [-0.39, 0.29) is 0 Å². The van der Waals surface area contributed by atoms with Crippen LogP contribution in [0.4, 0.5) is 0 Å². The van der Waals surface area contributed by atoms with E-state index in [1.807, 2.05) is 0 Å². The SMILES string of the molecule is CC(=O)N[C@@H]1[C@@H](O[C@@H]2O[C@H](CO[C@@H]3O[C@H](CO)[C@@H](O[C@@H]4O[C@H](CO)[C@H](O)[C@H](O)[C@H]4O)[C@H](O)[C@H]3NC(C)=O)[C@H](O)[C@H](O[C@@H]3O[C@H](CO)[C@H](O)[C@H](O)[C@H]3O[C@@H]3O[C@@H](C)[C@@H](O)[C@@H](O)[C@@H]3O)[C@H]2O[C@@H]2O[C@@H](C)[C@@H](O)[C@@H](O)[C@@H]2O)[C@@H](O)[C@@H](CO[C@@H]2O[C@H](COS(=O)(=O)O)[C@@H](O)[C@H](O)[C@H]2NC(C)=O)O[C@H]1O. The van der Waals surface area contributed by atoms with Gasteiger partial charge in [0.05, 0.1) is 51.8 Å². The lowest BCUT2D eigenvalue weighted by molar-refractivity contribution is -0.412. The smallest absolute Gasteiger partial charge is 0.394 e. The van der Waals surface area contributed by atoms with Gasteiger partial charge in [0.15, 0.2) is 50.3 Å². The maximum Gasteiger partial charge on any atom is 0.397 e. The van der Waals surface area contributed by atoms with Gasteiger partial charge in [-0.05, 0) is 13.8 Å². The van der Waals surface area contributed by atoms with Crippen molar-refractivity contribution in [2.75, 3.05) is 39.6 Å². The van der Waals surface area contributed by atoms with Crippen LogP contribution in [0, 0.1) is 0 Å². The Kier molecular flexibility index (Phi) is 28.9. The quantitative estimate of drug-likeness (QED) is 0.0377. The molecule has 8 rings (SSSR count). The number of hydrogen-bond acceptors (Lipinski definition) is 41. The molecule has 0 bridgehead atoms. The second-order valence-corrected chi connectivity index (χ2v) is 26.2. The number of aliphatic hydroxyl groups is 20. The average molecular weight is 1490 g/mol. The van der Waals surface area contributed by atoms with Crippen LogP contribution >= 0.6 is 0 Å². The van der Waals surface area contributed by atoms with Gasteiger partial charge in [-0.1, -0.05) is 0 Å². The predicted molar refractivity (Wildman–Crippen MR) is 307 cm³/mol. The molecule has 8 saturated heterocycles. The average Bonchev–Trinajstić information content (AvgIpc) is 0.765. The summed E-state index contributed by atoms with van der Waals surface area (Å²) in [5.74, 6) is -2.75. The summed E-state index contributed by atoms with van der Waals surface area (Å²) in [6.45, 7) is -1.23. The Morgan fingerprint density at radius 2 is 0.680 bits per heavy atom. The zero-order chi connectivity index (χ0) is 74.0. The van der Waals surface area contributed by atoms with Gasteiger partial charge >= 0.3 is 10.4 Å². The summed E-state index contributed by atoms with van der Waals surface area (Å²) in [5, 5.41) is 229. The van der Waals surface area contributed by atoms with E-state index < -0.39 is 313 Å². The molecule has 8 fully saturated rings. The lowest BCUT2D eigenvalue weighted by Crippen LogP contribution is -2.70. The first-order valence-corrected chi connectivity index (χ1v) is 32.9. The number of carbonyl (C=O) groups is 3. The van der Waals surface area contributed by atoms with Crippen LogP contribution in [0.25, 0.3) is 0 Å². The van der Waals surface area contributed by atoms with Crippen molar-refractivity contribution in [1.82, 2.24) is 16.0 Å². The van der Waals surface area contributed by atoms with E-state index in [2.05, 4.69) is 20.1 Å². The molecule has 8 aliphatic heterocycles. The van der Waals surface area contributed by atoms with Crippen LogP contribution in [0.5, 0.6) is 0 Å². The van der Waals surface area contributed by atoms with Crippen molar-refractivity contribution in [2.24, 2.45) is 0 Å². The number of hydrogen-bond donors (Lipinski definition) is 24. The van der Waals surface area contributed by atoms with Crippen molar-refractivity contribution in [3.63, 3.8) is 0 Å². The molecule has 0 unspecified atom stereocenters. The van der Waals surface area contributed by atoms with E-state index in [9.17, 15) is 129 Å². The third kappa shape index (κ3) is 18.8. The van der Waals surface area contributed by atoms with Crippen molar-refractivity contribution < 1.29 is 205 Å². The molecule has 0 saturated carbocycles. The molecule has 0 spiro atoms. The molecular weight excluding hydrogens is 1390 g/mol. The number of rotatable bonds is 25. The first kappa shape index (κ1) is 82.5. The highest BCUT2D eigenvalue weighted by atomic mass is 32.3. The summed E-state index contributed by atoms with van der Waals surface area (Å²) in [6.07, 6.45) is -76.0. The van der Waals surface area contributed by atoms with E-state index in [1.54, 1.807) is 0 Å². The molecule has 24 N–H and O–H groups in total. The van der Waals surface area contributed by atoms with Gasteiger partial charge in [-0.25, -0.2) is 4.18 Å². The molecule has 0 aromatic rings. The summed E-state index contributed by atoms with van der Waals surface area (Å²) in [7, 11) is -5.22. The Bertz CT molecular complexity index is 2740.